The molecule has 10 rings (SSSR count). The van der Waals surface area contributed by atoms with Gasteiger partial charge in [0.2, 0.25) is 0 Å². The van der Waals surface area contributed by atoms with E-state index in [0.29, 0.717) is 0 Å². The Labute approximate surface area is 277 Å². The molecule has 0 saturated carbocycles. The number of hydrogen-bond donors (Lipinski definition) is 0. The molecule has 3 nitrogen and oxygen atoms in total. The fourth-order valence-corrected chi connectivity index (χ4v) is 7.32. The summed E-state index contributed by atoms with van der Waals surface area (Å²) in [6, 6.07) is 56.0. The van der Waals surface area contributed by atoms with Crippen LogP contribution in [0.3, 0.4) is 0 Å². The van der Waals surface area contributed by atoms with Crippen LogP contribution in [0.15, 0.2) is 164 Å². The van der Waals surface area contributed by atoms with Crippen LogP contribution in [0.2, 0.25) is 0 Å². The Morgan fingerprint density at radius 3 is 1.42 bits per heavy atom. The number of benzene rings is 6. The monoisotopic (exact) mass is 609 g/mol. The van der Waals surface area contributed by atoms with Crippen LogP contribution >= 0.6 is 0 Å². The van der Waals surface area contributed by atoms with Crippen LogP contribution in [-0.4, -0.2) is 15.0 Å². The fourth-order valence-electron chi connectivity index (χ4n) is 7.32. The molecule has 0 amide bonds. The van der Waals surface area contributed by atoms with E-state index in [9.17, 15) is 0 Å². The van der Waals surface area contributed by atoms with Gasteiger partial charge < -0.3 is 0 Å². The minimum atomic E-state index is 0.908. The van der Waals surface area contributed by atoms with Gasteiger partial charge in [-0.2, -0.15) is 0 Å². The van der Waals surface area contributed by atoms with Crippen LogP contribution < -0.4 is 0 Å². The Morgan fingerprint density at radius 2 is 0.812 bits per heavy atom. The van der Waals surface area contributed by atoms with E-state index in [2.05, 4.69) is 145 Å². The van der Waals surface area contributed by atoms with Gasteiger partial charge in [0.05, 0.1) is 28.1 Å². The topological polar surface area (TPSA) is 38.7 Å². The Morgan fingerprint density at radius 1 is 0.312 bits per heavy atom. The zero-order valence-corrected chi connectivity index (χ0v) is 25.9. The largest absolute Gasteiger partial charge is 0.256 e. The predicted octanol–water partition coefficient (Wildman–Crippen LogP) is 11.6. The maximum atomic E-state index is 5.20. The summed E-state index contributed by atoms with van der Waals surface area (Å²) in [4.78, 5) is 14.8. The first-order valence-corrected chi connectivity index (χ1v) is 16.3. The molecule has 6 aromatic carbocycles. The van der Waals surface area contributed by atoms with Crippen LogP contribution in [0.25, 0.3) is 99.7 Å². The molecule has 0 radical (unpaired) electrons. The average Bonchev–Trinajstić information content (AvgIpc) is 3.50. The van der Waals surface area contributed by atoms with Crippen molar-refractivity contribution in [3.63, 3.8) is 0 Å². The van der Waals surface area contributed by atoms with E-state index in [0.717, 1.165) is 55.6 Å². The number of pyridine rings is 3. The quantitative estimate of drug-likeness (QED) is 0.186. The maximum Gasteiger partial charge on any atom is 0.0972 e. The molecule has 0 N–H and O–H groups in total. The molecule has 3 heteroatoms. The summed E-state index contributed by atoms with van der Waals surface area (Å²) in [5.74, 6) is 0. The summed E-state index contributed by atoms with van der Waals surface area (Å²) in [7, 11) is 0. The molecule has 0 unspecified atom stereocenters. The van der Waals surface area contributed by atoms with Gasteiger partial charge in [0.25, 0.3) is 0 Å². The molecule has 0 aliphatic heterocycles. The fraction of sp³-hybridized carbons (Fsp3) is 0. The lowest BCUT2D eigenvalue weighted by Gasteiger charge is -2.11. The lowest BCUT2D eigenvalue weighted by atomic mass is 9.93. The summed E-state index contributed by atoms with van der Waals surface area (Å²) in [5, 5.41) is 4.79. The first-order valence-electron chi connectivity index (χ1n) is 16.3. The molecule has 1 aliphatic rings. The first kappa shape index (κ1) is 26.7. The Hall–Kier alpha value is -6.45. The first-order chi connectivity index (χ1) is 23.8. The zero-order valence-electron chi connectivity index (χ0n) is 25.9. The third-order valence-electron chi connectivity index (χ3n) is 9.70. The van der Waals surface area contributed by atoms with E-state index in [1.54, 1.807) is 0 Å². The highest BCUT2D eigenvalue weighted by atomic mass is 14.8. The molecule has 0 bridgehead atoms. The van der Waals surface area contributed by atoms with Gasteiger partial charge in [-0.05, 0) is 68.4 Å². The summed E-state index contributed by atoms with van der Waals surface area (Å²) in [6.07, 6.45) is 1.82. The number of fused-ring (bicyclic) bond motifs is 6. The van der Waals surface area contributed by atoms with Gasteiger partial charge in [0.1, 0.15) is 0 Å². The second-order valence-corrected chi connectivity index (χ2v) is 12.4. The smallest absolute Gasteiger partial charge is 0.0972 e. The van der Waals surface area contributed by atoms with E-state index in [4.69, 9.17) is 9.97 Å². The van der Waals surface area contributed by atoms with E-state index >= 15 is 0 Å². The molecule has 9 aromatic rings. The third kappa shape index (κ3) is 4.18. The Bertz CT molecular complexity index is 2670. The number of nitrogens with zero attached hydrogens (tertiary/aromatic N) is 3. The van der Waals surface area contributed by atoms with Gasteiger partial charge in [-0.25, -0.2) is 9.97 Å². The van der Waals surface area contributed by atoms with Crippen molar-refractivity contribution in [2.24, 2.45) is 0 Å². The Balaban J connectivity index is 1.02. The van der Waals surface area contributed by atoms with Gasteiger partial charge >= 0.3 is 0 Å². The van der Waals surface area contributed by atoms with Crippen molar-refractivity contribution in [1.29, 1.82) is 0 Å². The molecule has 0 spiro atoms. The number of aromatic nitrogens is 3. The van der Waals surface area contributed by atoms with Crippen molar-refractivity contribution in [1.82, 2.24) is 15.0 Å². The van der Waals surface area contributed by atoms with Crippen molar-refractivity contribution in [2.45, 2.75) is 0 Å². The van der Waals surface area contributed by atoms with Crippen molar-refractivity contribution in [3.8, 4) is 67.2 Å². The minimum absolute atomic E-state index is 0.908. The van der Waals surface area contributed by atoms with E-state index in [-0.39, 0.29) is 0 Å². The van der Waals surface area contributed by atoms with Crippen molar-refractivity contribution in [3.05, 3.63) is 164 Å². The van der Waals surface area contributed by atoms with Crippen molar-refractivity contribution >= 4 is 32.6 Å². The van der Waals surface area contributed by atoms with Crippen LogP contribution in [0, 0.1) is 0 Å². The van der Waals surface area contributed by atoms with Gasteiger partial charge in [0, 0.05) is 33.7 Å². The zero-order chi connectivity index (χ0) is 31.6. The molecular formula is C45H27N3. The van der Waals surface area contributed by atoms with Gasteiger partial charge in [-0.3, -0.25) is 4.98 Å². The molecule has 222 valence electrons. The van der Waals surface area contributed by atoms with Gasteiger partial charge in [-0.15, -0.1) is 0 Å². The Kier molecular flexibility index (Phi) is 5.87. The van der Waals surface area contributed by atoms with Crippen LogP contribution in [-0.2, 0) is 0 Å². The van der Waals surface area contributed by atoms with Gasteiger partial charge in [0.15, 0.2) is 0 Å². The molecule has 3 aromatic heterocycles. The minimum Gasteiger partial charge on any atom is -0.256 e. The second kappa shape index (κ2) is 10.5. The summed E-state index contributed by atoms with van der Waals surface area (Å²) >= 11 is 0. The van der Waals surface area contributed by atoms with Gasteiger partial charge in [-0.1, -0.05) is 133 Å². The summed E-state index contributed by atoms with van der Waals surface area (Å²) in [5.41, 5.74) is 15.6. The normalized spacial score (nSPS) is 11.8. The molecular weight excluding hydrogens is 583 g/mol. The third-order valence-corrected chi connectivity index (χ3v) is 9.70. The van der Waals surface area contributed by atoms with Crippen LogP contribution in [0.4, 0.5) is 0 Å². The van der Waals surface area contributed by atoms with E-state index < -0.39 is 0 Å². The van der Waals surface area contributed by atoms with Crippen molar-refractivity contribution in [2.75, 3.05) is 0 Å². The van der Waals surface area contributed by atoms with Crippen molar-refractivity contribution < 1.29 is 0 Å². The summed E-state index contributed by atoms with van der Waals surface area (Å²) in [6.45, 7) is 0. The SMILES string of the molecule is c1ccc(-c2ccc(-c3ccc4ccc5ccc(-c6ccc(-c7ccc8c9c(cccc79)-c7ccccc7-8)cc6)nc5c4n3)cc2)nc1. The lowest BCUT2D eigenvalue weighted by molar-refractivity contribution is 1.32. The molecule has 1 aliphatic carbocycles. The van der Waals surface area contributed by atoms with E-state index in [1.165, 1.54) is 44.2 Å². The molecule has 0 saturated heterocycles. The maximum absolute atomic E-state index is 5.20. The van der Waals surface area contributed by atoms with E-state index in [1.807, 2.05) is 24.4 Å². The van der Waals surface area contributed by atoms with Crippen LogP contribution in [0.5, 0.6) is 0 Å². The lowest BCUT2D eigenvalue weighted by Crippen LogP contribution is -1.91. The molecule has 3 heterocycles. The highest BCUT2D eigenvalue weighted by Gasteiger charge is 2.22. The molecule has 0 atom stereocenters. The summed E-state index contributed by atoms with van der Waals surface area (Å²) < 4.78 is 0. The number of rotatable bonds is 4. The number of hydrogen-bond acceptors (Lipinski definition) is 3. The standard InChI is InChI=1S/C45H27N3/c1-2-7-36-35(6-1)38-9-5-8-37-34(23-24-39(36)43(37)38)28-11-13-30(14-12-28)41-25-21-32-19-20-33-22-26-42(48-45(33)44(32)47-41)31-17-15-29(16-18-31)40-10-3-4-27-46-40/h1-27H. The molecule has 48 heavy (non-hydrogen) atoms. The highest BCUT2D eigenvalue weighted by Crippen LogP contribution is 2.49. The molecule has 0 fully saturated rings. The second-order valence-electron chi connectivity index (χ2n) is 12.4. The highest BCUT2D eigenvalue weighted by molar-refractivity contribution is 6.18. The van der Waals surface area contributed by atoms with Crippen LogP contribution in [0.1, 0.15) is 0 Å². The predicted molar refractivity (Wildman–Crippen MR) is 199 cm³/mol. The average molecular weight is 610 g/mol.